The highest BCUT2D eigenvalue weighted by Gasteiger charge is 1.96. The molecule has 2 aromatic carbocycles. The lowest BCUT2D eigenvalue weighted by Crippen LogP contribution is -1.90. The van der Waals surface area contributed by atoms with Crippen molar-refractivity contribution in [2.45, 2.75) is 6.92 Å². The Kier molecular flexibility index (Phi) is 4.36. The molecule has 2 rings (SSSR count). The maximum atomic E-state index is 7.12. The quantitative estimate of drug-likeness (QED) is 0.560. The summed E-state index contributed by atoms with van der Waals surface area (Å²) in [7, 11) is 0. The van der Waals surface area contributed by atoms with Crippen molar-refractivity contribution in [1.29, 1.82) is 0 Å². The van der Waals surface area contributed by atoms with Crippen molar-refractivity contribution >= 4 is 17.8 Å². The fraction of sp³-hybridized carbons (Fsp3) is 0.118. The van der Waals surface area contributed by atoms with Gasteiger partial charge >= 0.3 is 0 Å². The SMILES string of the molecule is [C-]#[N+]c1ccccc1/C=C/c1ccc(OCC)cc1. The Bertz CT molecular complexity index is 606. The molecule has 0 heterocycles. The smallest absolute Gasteiger partial charge is 0.194 e. The van der Waals surface area contributed by atoms with E-state index < -0.39 is 0 Å². The second kappa shape index (κ2) is 6.42. The van der Waals surface area contributed by atoms with E-state index in [1.165, 1.54) is 0 Å². The molecule has 0 aromatic heterocycles. The molecule has 0 atom stereocenters. The number of rotatable bonds is 4. The van der Waals surface area contributed by atoms with Gasteiger partial charge in [0.2, 0.25) is 0 Å². The Labute approximate surface area is 113 Å². The van der Waals surface area contributed by atoms with E-state index in [0.29, 0.717) is 12.3 Å². The van der Waals surface area contributed by atoms with Crippen molar-refractivity contribution in [3.05, 3.63) is 71.1 Å². The summed E-state index contributed by atoms with van der Waals surface area (Å²) in [5.74, 6) is 0.876. The summed E-state index contributed by atoms with van der Waals surface area (Å²) in [6.45, 7) is 9.76. The van der Waals surface area contributed by atoms with E-state index in [9.17, 15) is 0 Å². The van der Waals surface area contributed by atoms with Crippen LogP contribution in [0.1, 0.15) is 18.1 Å². The van der Waals surface area contributed by atoms with Crippen molar-refractivity contribution in [2.24, 2.45) is 0 Å². The predicted molar refractivity (Wildman–Crippen MR) is 79.2 cm³/mol. The van der Waals surface area contributed by atoms with Gasteiger partial charge in [0.1, 0.15) is 5.75 Å². The lowest BCUT2D eigenvalue weighted by Gasteiger charge is -2.02. The molecule has 19 heavy (non-hydrogen) atoms. The van der Waals surface area contributed by atoms with Crippen LogP contribution in [0, 0.1) is 6.57 Å². The second-order valence-corrected chi connectivity index (χ2v) is 4.01. The molecule has 0 spiro atoms. The Morgan fingerprint density at radius 2 is 1.79 bits per heavy atom. The Morgan fingerprint density at radius 3 is 2.47 bits per heavy atom. The highest BCUT2D eigenvalue weighted by atomic mass is 16.5. The summed E-state index contributed by atoms with van der Waals surface area (Å²) in [5, 5.41) is 0. The van der Waals surface area contributed by atoms with E-state index in [0.717, 1.165) is 16.9 Å². The van der Waals surface area contributed by atoms with Gasteiger partial charge in [-0.2, -0.15) is 0 Å². The largest absolute Gasteiger partial charge is 0.494 e. The van der Waals surface area contributed by atoms with Crippen molar-refractivity contribution in [1.82, 2.24) is 0 Å². The van der Waals surface area contributed by atoms with Gasteiger partial charge in [0.25, 0.3) is 0 Å². The minimum absolute atomic E-state index is 0.671. The van der Waals surface area contributed by atoms with Crippen LogP contribution in [0.15, 0.2) is 48.5 Å². The monoisotopic (exact) mass is 249 g/mol. The van der Waals surface area contributed by atoms with Gasteiger partial charge in [-0.15, -0.1) is 0 Å². The minimum Gasteiger partial charge on any atom is -0.494 e. The molecule has 2 aromatic rings. The summed E-state index contributed by atoms with van der Waals surface area (Å²) < 4.78 is 5.40. The first-order valence-corrected chi connectivity index (χ1v) is 6.21. The third kappa shape index (κ3) is 3.46. The maximum Gasteiger partial charge on any atom is 0.194 e. The zero-order valence-corrected chi connectivity index (χ0v) is 10.8. The van der Waals surface area contributed by atoms with Gasteiger partial charge in [-0.05, 0) is 30.2 Å². The van der Waals surface area contributed by atoms with Gasteiger partial charge in [-0.1, -0.05) is 48.6 Å². The highest BCUT2D eigenvalue weighted by Crippen LogP contribution is 2.21. The molecule has 2 nitrogen and oxygen atoms in total. The molecule has 0 fully saturated rings. The van der Waals surface area contributed by atoms with Gasteiger partial charge in [-0.3, -0.25) is 0 Å². The van der Waals surface area contributed by atoms with Crippen molar-refractivity contribution in [3.8, 4) is 5.75 Å². The molecule has 0 radical (unpaired) electrons. The number of para-hydroxylation sites is 1. The van der Waals surface area contributed by atoms with E-state index in [1.807, 2.05) is 67.6 Å². The summed E-state index contributed by atoms with van der Waals surface area (Å²) in [6.07, 6.45) is 3.96. The molecular weight excluding hydrogens is 234 g/mol. The lowest BCUT2D eigenvalue weighted by molar-refractivity contribution is 0.340. The number of nitrogens with zero attached hydrogens (tertiary/aromatic N) is 1. The van der Waals surface area contributed by atoms with E-state index in [1.54, 1.807) is 0 Å². The van der Waals surface area contributed by atoms with Crippen molar-refractivity contribution in [2.75, 3.05) is 6.61 Å². The van der Waals surface area contributed by atoms with Gasteiger partial charge in [0.05, 0.1) is 13.2 Å². The van der Waals surface area contributed by atoms with Crippen LogP contribution in [-0.4, -0.2) is 6.61 Å². The second-order valence-electron chi connectivity index (χ2n) is 4.01. The van der Waals surface area contributed by atoms with Crippen LogP contribution in [0.4, 0.5) is 5.69 Å². The first-order chi connectivity index (χ1) is 9.33. The van der Waals surface area contributed by atoms with Gasteiger partial charge in [0, 0.05) is 0 Å². The molecular formula is C17H15NO. The minimum atomic E-state index is 0.671. The van der Waals surface area contributed by atoms with Crippen LogP contribution >= 0.6 is 0 Å². The first kappa shape index (κ1) is 12.9. The summed E-state index contributed by atoms with van der Waals surface area (Å²) in [4.78, 5) is 3.50. The average molecular weight is 249 g/mol. The van der Waals surface area contributed by atoms with Gasteiger partial charge in [-0.25, -0.2) is 4.85 Å². The fourth-order valence-electron chi connectivity index (χ4n) is 1.76. The average Bonchev–Trinajstić information content (AvgIpc) is 2.47. The molecule has 0 saturated heterocycles. The molecule has 0 aliphatic heterocycles. The van der Waals surface area contributed by atoms with Crippen LogP contribution < -0.4 is 4.74 Å². The van der Waals surface area contributed by atoms with Crippen LogP contribution in [0.3, 0.4) is 0 Å². The van der Waals surface area contributed by atoms with Gasteiger partial charge < -0.3 is 4.74 Å². The lowest BCUT2D eigenvalue weighted by atomic mass is 10.1. The Hall–Kier alpha value is -2.53. The van der Waals surface area contributed by atoms with Crippen LogP contribution in [0.5, 0.6) is 5.75 Å². The fourth-order valence-corrected chi connectivity index (χ4v) is 1.76. The van der Waals surface area contributed by atoms with E-state index in [4.69, 9.17) is 11.3 Å². The molecule has 0 amide bonds. The highest BCUT2D eigenvalue weighted by molar-refractivity contribution is 5.77. The standard InChI is InChI=1S/C17H15NO/c1-3-19-16-12-9-14(10-13-16)8-11-15-6-4-5-7-17(15)18-2/h4-13H,3H2,1H3/b11-8+. The maximum absolute atomic E-state index is 7.12. The first-order valence-electron chi connectivity index (χ1n) is 6.21. The van der Waals surface area contributed by atoms with Crippen LogP contribution in [-0.2, 0) is 0 Å². The van der Waals surface area contributed by atoms with E-state index in [2.05, 4.69) is 4.85 Å². The summed E-state index contributed by atoms with van der Waals surface area (Å²) in [5.41, 5.74) is 2.69. The van der Waals surface area contributed by atoms with E-state index >= 15 is 0 Å². The molecule has 0 bridgehead atoms. The number of hydrogen-bond acceptors (Lipinski definition) is 1. The predicted octanol–water partition coefficient (Wildman–Crippen LogP) is 4.81. The summed E-state index contributed by atoms with van der Waals surface area (Å²) in [6, 6.07) is 15.5. The molecule has 0 unspecified atom stereocenters. The number of benzene rings is 2. The third-order valence-electron chi connectivity index (χ3n) is 2.70. The Balaban J connectivity index is 2.16. The molecule has 0 aliphatic rings. The van der Waals surface area contributed by atoms with Crippen molar-refractivity contribution in [3.63, 3.8) is 0 Å². The normalized spacial score (nSPS) is 10.3. The molecule has 0 saturated carbocycles. The van der Waals surface area contributed by atoms with Crippen LogP contribution in [0.2, 0.25) is 0 Å². The summed E-state index contributed by atoms with van der Waals surface area (Å²) >= 11 is 0. The number of hydrogen-bond donors (Lipinski definition) is 0. The molecule has 0 aliphatic carbocycles. The molecule has 94 valence electrons. The molecule has 0 N–H and O–H groups in total. The van der Waals surface area contributed by atoms with Crippen molar-refractivity contribution < 1.29 is 4.74 Å². The zero-order chi connectivity index (χ0) is 13.5. The topological polar surface area (TPSA) is 13.6 Å². The van der Waals surface area contributed by atoms with Crippen LogP contribution in [0.25, 0.3) is 17.0 Å². The molecule has 2 heteroatoms. The number of ether oxygens (including phenoxy) is 1. The van der Waals surface area contributed by atoms with Gasteiger partial charge in [0.15, 0.2) is 5.69 Å². The third-order valence-corrected chi connectivity index (χ3v) is 2.70. The van der Waals surface area contributed by atoms with E-state index in [-0.39, 0.29) is 0 Å². The zero-order valence-electron chi connectivity index (χ0n) is 10.8. The Morgan fingerprint density at radius 1 is 1.05 bits per heavy atom.